The fraction of sp³-hybridized carbons (Fsp3) is 0.571. The van der Waals surface area contributed by atoms with E-state index in [1.807, 2.05) is 0 Å². The Balaban J connectivity index is 0. The summed E-state index contributed by atoms with van der Waals surface area (Å²) in [5, 5.41) is 26.5. The van der Waals surface area contributed by atoms with Gasteiger partial charge in [0.1, 0.15) is 5.75 Å². The maximum Gasteiger partial charge on any atom is 0.200 e. The highest BCUT2D eigenvalue weighted by Crippen LogP contribution is 2.36. The van der Waals surface area contributed by atoms with Crippen molar-refractivity contribution in [2.45, 2.75) is 92.4 Å². The van der Waals surface area contributed by atoms with Crippen LogP contribution < -0.4 is 4.74 Å². The number of phenolic OH excluding ortho intramolecular Hbond substituents is 3. The van der Waals surface area contributed by atoms with Gasteiger partial charge in [-0.05, 0) is 55.7 Å². The summed E-state index contributed by atoms with van der Waals surface area (Å²) >= 11 is 6.56. The van der Waals surface area contributed by atoms with E-state index in [0.717, 1.165) is 16.8 Å². The predicted octanol–water partition coefficient (Wildman–Crippen LogP) is 10.2. The van der Waals surface area contributed by atoms with Crippen LogP contribution >= 0.6 is 31.9 Å². The lowest BCUT2D eigenvalue weighted by molar-refractivity contribution is 0.302. The Bertz CT molecular complexity index is 814. The first-order valence-electron chi connectivity index (χ1n) is 12.5. The second-order valence-corrected chi connectivity index (χ2v) is 10.0. The number of aryl methyl sites for hydroxylation is 1. The molecule has 0 aliphatic rings. The summed E-state index contributed by atoms with van der Waals surface area (Å²) in [5.74, 6) is -0.148. The van der Waals surface area contributed by atoms with Crippen molar-refractivity contribution < 1.29 is 25.8 Å². The number of hydrogen-bond acceptors (Lipinski definition) is 4. The lowest BCUT2D eigenvalue weighted by atomic mass is 10.1. The first-order valence-corrected chi connectivity index (χ1v) is 13.4. The molecule has 0 saturated heterocycles. The summed E-state index contributed by atoms with van der Waals surface area (Å²) in [5.41, 5.74) is 2.54. The van der Waals surface area contributed by atoms with Gasteiger partial charge >= 0.3 is 0 Å². The van der Waals surface area contributed by atoms with E-state index < -0.39 is 12.9 Å². The Kier molecular flexibility index (Phi) is 20.9. The molecule has 0 aromatic heterocycles. The average Bonchev–Trinajstić information content (AvgIpc) is 2.79. The van der Waals surface area contributed by atoms with E-state index in [-0.39, 0.29) is 18.9 Å². The minimum atomic E-state index is -1.00. The van der Waals surface area contributed by atoms with E-state index in [0.29, 0.717) is 4.47 Å². The molecule has 0 spiro atoms. The van der Waals surface area contributed by atoms with Gasteiger partial charge in [0.15, 0.2) is 17.2 Å². The summed E-state index contributed by atoms with van der Waals surface area (Å²) in [4.78, 5) is 0. The third-order valence-electron chi connectivity index (χ3n) is 5.37. The lowest BCUT2D eigenvalue weighted by Gasteiger charge is -2.11. The smallest absolute Gasteiger partial charge is 0.200 e. The van der Waals surface area contributed by atoms with Gasteiger partial charge in [-0.1, -0.05) is 104 Å². The zero-order valence-electron chi connectivity index (χ0n) is 21.7. The second-order valence-electron chi connectivity index (χ2n) is 8.17. The van der Waals surface area contributed by atoms with Gasteiger partial charge in [-0.15, -0.1) is 0 Å². The second kappa shape index (κ2) is 21.8. The zero-order chi connectivity index (χ0) is 26.6. The number of unbranched alkanes of at least 4 members (excludes halogenated alkanes) is 9. The normalized spacial score (nSPS) is 10.2. The summed E-state index contributed by atoms with van der Waals surface area (Å²) in [6, 6.07) is 6.80. The Morgan fingerprint density at radius 1 is 0.800 bits per heavy atom. The molecule has 3 N–H and O–H groups in total. The molecule has 0 atom stereocenters. The maximum atomic E-state index is 9.96. The molecule has 0 fully saturated rings. The van der Waals surface area contributed by atoms with E-state index in [4.69, 9.17) is 21.4 Å². The molecule has 202 valence electrons. The third kappa shape index (κ3) is 16.0. The highest BCUT2D eigenvalue weighted by atomic mass is 79.9. The molecule has 0 heterocycles. The molecule has 0 amide bonds. The molecule has 0 bridgehead atoms. The van der Waals surface area contributed by atoms with Gasteiger partial charge in [0.25, 0.3) is 0 Å². The largest absolute Gasteiger partial charge is 0.504 e. The van der Waals surface area contributed by atoms with Crippen LogP contribution in [0.25, 0.3) is 0 Å². The number of alkyl halides is 1. The van der Waals surface area contributed by atoms with Crippen molar-refractivity contribution in [1.82, 2.24) is 0 Å². The predicted molar refractivity (Wildman–Crippen MR) is 154 cm³/mol. The van der Waals surface area contributed by atoms with Crippen molar-refractivity contribution >= 4 is 31.9 Å². The zero-order valence-corrected chi connectivity index (χ0v) is 23.9. The molecule has 0 radical (unpaired) electrons. The first-order chi connectivity index (χ1) is 16.7. The molecule has 2 rings (SSSR count). The monoisotopic (exact) mass is 623 g/mol. The van der Waals surface area contributed by atoms with Gasteiger partial charge < -0.3 is 20.1 Å². The minimum absolute atomic E-state index is 0. The van der Waals surface area contributed by atoms with Crippen molar-refractivity contribution in [2.24, 2.45) is 0 Å². The standard InChI is InChI=1S/C20H33BrO.C6H5BrO3.CH3F.CH4/c1-4-5-6-7-8-9-10-11-12-13-14-22-20-16-19(21)15-17(2)18(20)3;7-3-1-4(8)6(10)5(9)2-3;1-2;/h15-16H,4-14H2,1-3H3;1-2,8-10H;1H3;1H4/i;;1D;. The molecule has 0 unspecified atom stereocenters. The van der Waals surface area contributed by atoms with E-state index in [2.05, 4.69) is 64.8 Å². The van der Waals surface area contributed by atoms with Crippen LogP contribution in [0.5, 0.6) is 23.0 Å². The minimum Gasteiger partial charge on any atom is -0.504 e. The molecular formula is C28H45Br2FO4. The van der Waals surface area contributed by atoms with E-state index >= 15 is 0 Å². The van der Waals surface area contributed by atoms with Crippen molar-refractivity contribution in [1.29, 1.82) is 0 Å². The number of halogens is 3. The molecule has 0 aliphatic carbocycles. The summed E-state index contributed by atoms with van der Waals surface area (Å²) < 4.78 is 23.1. The molecule has 0 saturated carbocycles. The topological polar surface area (TPSA) is 69.9 Å². The fourth-order valence-corrected chi connectivity index (χ4v) is 4.26. The van der Waals surface area contributed by atoms with Crippen molar-refractivity contribution in [3.05, 3.63) is 44.3 Å². The summed E-state index contributed by atoms with van der Waals surface area (Å²) in [6.07, 6.45) is 13.6. The van der Waals surface area contributed by atoms with Gasteiger partial charge in [-0.25, -0.2) is 0 Å². The van der Waals surface area contributed by atoms with E-state index in [1.54, 1.807) is 0 Å². The number of phenols is 3. The molecule has 0 aliphatic heterocycles. The van der Waals surface area contributed by atoms with Crippen LogP contribution in [0.2, 0.25) is 0 Å². The van der Waals surface area contributed by atoms with Crippen LogP contribution in [-0.4, -0.2) is 29.1 Å². The fourth-order valence-electron chi connectivity index (χ4n) is 3.28. The van der Waals surface area contributed by atoms with Crippen LogP contribution in [0.3, 0.4) is 0 Å². The Labute approximate surface area is 230 Å². The Morgan fingerprint density at radius 3 is 1.71 bits per heavy atom. The van der Waals surface area contributed by atoms with Crippen molar-refractivity contribution in [2.75, 3.05) is 13.8 Å². The first kappa shape index (κ1) is 33.5. The molecule has 7 heteroatoms. The number of ether oxygens (including phenoxy) is 1. The highest BCUT2D eigenvalue weighted by molar-refractivity contribution is 9.10. The van der Waals surface area contributed by atoms with Gasteiger partial charge in [-0.2, -0.15) is 0 Å². The maximum absolute atomic E-state index is 9.96. The van der Waals surface area contributed by atoms with Crippen LogP contribution in [0.4, 0.5) is 4.39 Å². The van der Waals surface area contributed by atoms with E-state index in [9.17, 15) is 4.39 Å². The number of benzene rings is 2. The van der Waals surface area contributed by atoms with Crippen molar-refractivity contribution in [3.8, 4) is 23.0 Å². The molecule has 2 aromatic carbocycles. The van der Waals surface area contributed by atoms with Crippen LogP contribution in [0.1, 0.15) is 91.1 Å². The van der Waals surface area contributed by atoms with Gasteiger partial charge in [0.05, 0.1) is 15.1 Å². The average molecular weight is 625 g/mol. The van der Waals surface area contributed by atoms with Crippen LogP contribution in [-0.2, 0) is 0 Å². The number of hydrogen-bond donors (Lipinski definition) is 3. The summed E-state index contributed by atoms with van der Waals surface area (Å²) in [6.45, 7) is 7.38. The number of rotatable bonds is 12. The number of aromatic hydroxyl groups is 3. The summed E-state index contributed by atoms with van der Waals surface area (Å²) in [7, 11) is -1.00. The SMILES string of the molecule is C.CCCCCCCCCCCCOc1cc(Br)cc(C)c1C.Oc1cc(Br)cc(O)c1O.[2H]CF. The van der Waals surface area contributed by atoms with Crippen molar-refractivity contribution in [3.63, 3.8) is 0 Å². The van der Waals surface area contributed by atoms with Crippen LogP contribution in [0.15, 0.2) is 33.2 Å². The van der Waals surface area contributed by atoms with Gasteiger partial charge in [0, 0.05) is 8.95 Å². The highest BCUT2D eigenvalue weighted by Gasteiger charge is 2.06. The lowest BCUT2D eigenvalue weighted by Crippen LogP contribution is -2.00. The quantitative estimate of drug-likeness (QED) is 0.162. The molecule has 2 aromatic rings. The third-order valence-corrected chi connectivity index (χ3v) is 6.29. The Morgan fingerprint density at radius 2 is 1.23 bits per heavy atom. The Hall–Kier alpha value is -1.47. The molecular weight excluding hydrogens is 579 g/mol. The van der Waals surface area contributed by atoms with Crippen LogP contribution in [0, 0.1) is 13.8 Å². The van der Waals surface area contributed by atoms with Gasteiger partial charge in [0.2, 0.25) is 0 Å². The van der Waals surface area contributed by atoms with Gasteiger partial charge in [-0.3, -0.25) is 4.39 Å². The van der Waals surface area contributed by atoms with E-state index in [1.165, 1.54) is 87.5 Å². The molecule has 35 heavy (non-hydrogen) atoms. The molecule has 4 nitrogen and oxygen atoms in total.